The van der Waals surface area contributed by atoms with Gasteiger partial charge in [0.1, 0.15) is 0 Å². The molecule has 0 aromatic rings. The fourth-order valence-electron chi connectivity index (χ4n) is 4.19. The highest BCUT2D eigenvalue weighted by atomic mass is 16.4. The largest absolute Gasteiger partial charge is 0.481 e. The van der Waals surface area contributed by atoms with E-state index in [0.29, 0.717) is 13.0 Å². The van der Waals surface area contributed by atoms with Gasteiger partial charge in [-0.1, -0.05) is 6.58 Å². The number of carboxylic acid groups (broad SMARTS) is 3. The van der Waals surface area contributed by atoms with E-state index < -0.39 is 53.3 Å². The molecule has 0 amide bonds. The molecule has 0 saturated carbocycles. The number of likely N-dealkylation sites (tertiary alicyclic amines) is 1. The van der Waals surface area contributed by atoms with Crippen molar-refractivity contribution in [2.75, 3.05) is 13.2 Å². The average molecular weight is 389 g/mol. The zero-order valence-corrected chi connectivity index (χ0v) is 16.3. The third-order valence-corrected chi connectivity index (χ3v) is 5.01. The van der Waals surface area contributed by atoms with Gasteiger partial charge < -0.3 is 25.5 Å². The number of carboxylic acids is 3. The molecule has 27 heavy (non-hydrogen) atoms. The molecule has 3 atom stereocenters. The third-order valence-electron chi connectivity index (χ3n) is 5.01. The topological polar surface area (TPSA) is 156 Å². The number of nitrogens with zero attached hydrogens (tertiary/aromatic N) is 1. The van der Waals surface area contributed by atoms with Gasteiger partial charge in [0.2, 0.25) is 0 Å². The molecular formula is C18H31NO8. The number of piperidine rings is 1. The number of aliphatic carboxylic acids is 3. The van der Waals surface area contributed by atoms with E-state index in [2.05, 4.69) is 6.58 Å². The molecule has 3 unspecified atom stereocenters. The van der Waals surface area contributed by atoms with Crippen LogP contribution in [0.15, 0.2) is 12.7 Å². The molecule has 0 bridgehead atoms. The highest BCUT2D eigenvalue weighted by Crippen LogP contribution is 2.45. The van der Waals surface area contributed by atoms with Gasteiger partial charge in [0.15, 0.2) is 0 Å². The summed E-state index contributed by atoms with van der Waals surface area (Å²) >= 11 is 0. The van der Waals surface area contributed by atoms with Gasteiger partial charge in [-0.05, 0) is 34.1 Å². The molecule has 0 aromatic heterocycles. The van der Waals surface area contributed by atoms with Crippen LogP contribution in [-0.2, 0) is 14.4 Å². The van der Waals surface area contributed by atoms with Gasteiger partial charge in [-0.2, -0.15) is 0 Å². The Labute approximate surface area is 158 Å². The second-order valence-electron chi connectivity index (χ2n) is 7.72. The van der Waals surface area contributed by atoms with Crippen molar-refractivity contribution in [1.82, 2.24) is 4.90 Å². The third kappa shape index (κ3) is 6.60. The average Bonchev–Trinajstić information content (AvgIpc) is 2.49. The van der Waals surface area contributed by atoms with E-state index in [0.717, 1.165) is 6.08 Å². The van der Waals surface area contributed by atoms with Gasteiger partial charge in [0.05, 0.1) is 25.0 Å². The van der Waals surface area contributed by atoms with Crippen LogP contribution in [0.5, 0.6) is 0 Å². The summed E-state index contributed by atoms with van der Waals surface area (Å²) in [7, 11) is 0. The van der Waals surface area contributed by atoms with Crippen LogP contribution in [0.2, 0.25) is 0 Å². The smallest absolute Gasteiger partial charge is 0.327 e. The lowest BCUT2D eigenvalue weighted by atomic mass is 9.65. The first-order chi connectivity index (χ1) is 12.2. The van der Waals surface area contributed by atoms with Crippen molar-refractivity contribution >= 4 is 17.9 Å². The van der Waals surface area contributed by atoms with Crippen LogP contribution in [-0.4, -0.2) is 78.7 Å². The molecule has 9 nitrogen and oxygen atoms in total. The summed E-state index contributed by atoms with van der Waals surface area (Å²) in [5, 5.41) is 45.9. The molecule has 0 aliphatic carbocycles. The highest BCUT2D eigenvalue weighted by Gasteiger charge is 2.55. The van der Waals surface area contributed by atoms with Gasteiger partial charge in [-0.3, -0.25) is 14.5 Å². The van der Waals surface area contributed by atoms with E-state index in [1.54, 1.807) is 13.8 Å². The number of hydrogen-bond acceptors (Lipinski definition) is 6. The Bertz CT molecular complexity index is 558. The predicted octanol–water partition coefficient (Wildman–Crippen LogP) is 0.651. The van der Waals surface area contributed by atoms with E-state index in [4.69, 9.17) is 10.2 Å². The minimum Gasteiger partial charge on any atom is -0.481 e. The summed E-state index contributed by atoms with van der Waals surface area (Å²) in [5.74, 6) is -5.32. The summed E-state index contributed by atoms with van der Waals surface area (Å²) in [4.78, 5) is 33.8. The Kier molecular flexibility index (Phi) is 9.10. The number of rotatable bonds is 7. The van der Waals surface area contributed by atoms with E-state index in [9.17, 15) is 29.7 Å². The standard InChI is InChI=1S/C15H27NO6.C3H4O2/c1-14(2)8-10(18)12(9(13(21)22)7-11(19)20)15(3,4)16(14)5-6-17;1-2-3(4)5/h9-10,12,17-18H,5-8H2,1-4H3,(H,19,20)(H,21,22);2H,1H2,(H,4,5). The van der Waals surface area contributed by atoms with Crippen molar-refractivity contribution in [3.05, 3.63) is 12.7 Å². The zero-order chi connectivity index (χ0) is 21.6. The molecule has 1 fully saturated rings. The first kappa shape index (κ1) is 25.0. The number of hydrogen-bond donors (Lipinski definition) is 5. The summed E-state index contributed by atoms with van der Waals surface area (Å²) < 4.78 is 0. The highest BCUT2D eigenvalue weighted by molar-refractivity contribution is 5.79. The van der Waals surface area contributed by atoms with Gasteiger partial charge in [0.25, 0.3) is 0 Å². The van der Waals surface area contributed by atoms with Gasteiger partial charge in [-0.15, -0.1) is 0 Å². The minimum atomic E-state index is -1.22. The Morgan fingerprint density at radius 3 is 2.00 bits per heavy atom. The molecule has 1 rings (SSSR count). The predicted molar refractivity (Wildman–Crippen MR) is 97.3 cm³/mol. The lowest BCUT2D eigenvalue weighted by molar-refractivity contribution is -0.173. The lowest BCUT2D eigenvalue weighted by Crippen LogP contribution is -2.68. The molecule has 1 aliphatic heterocycles. The van der Waals surface area contributed by atoms with Crippen LogP contribution < -0.4 is 0 Å². The first-order valence-electron chi connectivity index (χ1n) is 8.59. The van der Waals surface area contributed by atoms with Crippen LogP contribution >= 0.6 is 0 Å². The molecular weight excluding hydrogens is 358 g/mol. The maximum Gasteiger partial charge on any atom is 0.327 e. The number of aliphatic hydroxyl groups is 2. The van der Waals surface area contributed by atoms with Crippen molar-refractivity contribution in [2.45, 2.75) is 57.7 Å². The molecule has 1 aliphatic rings. The molecule has 156 valence electrons. The number of carbonyl (C=O) groups is 3. The molecule has 0 radical (unpaired) electrons. The zero-order valence-electron chi connectivity index (χ0n) is 16.3. The lowest BCUT2D eigenvalue weighted by Gasteiger charge is -2.59. The summed E-state index contributed by atoms with van der Waals surface area (Å²) in [5.41, 5.74) is -1.18. The number of aliphatic hydroxyl groups excluding tert-OH is 2. The van der Waals surface area contributed by atoms with Crippen LogP contribution in [0.25, 0.3) is 0 Å². The molecule has 0 spiro atoms. The molecule has 9 heteroatoms. The first-order valence-corrected chi connectivity index (χ1v) is 8.59. The fourth-order valence-corrected chi connectivity index (χ4v) is 4.19. The summed E-state index contributed by atoms with van der Waals surface area (Å²) in [6.45, 7) is 10.7. The SMILES string of the molecule is C=CC(=O)O.CC1(C)CC(O)C(C(CC(=O)O)C(=O)O)C(C)(C)N1CCO. The van der Waals surface area contributed by atoms with E-state index in [1.807, 2.05) is 18.7 Å². The Morgan fingerprint density at radius 1 is 1.19 bits per heavy atom. The van der Waals surface area contributed by atoms with Crippen LogP contribution in [0.3, 0.4) is 0 Å². The maximum absolute atomic E-state index is 11.6. The van der Waals surface area contributed by atoms with Gasteiger partial charge >= 0.3 is 17.9 Å². The van der Waals surface area contributed by atoms with Crippen molar-refractivity contribution in [3.63, 3.8) is 0 Å². The monoisotopic (exact) mass is 389 g/mol. The quantitative estimate of drug-likeness (QED) is 0.395. The van der Waals surface area contributed by atoms with Crippen molar-refractivity contribution in [3.8, 4) is 0 Å². The van der Waals surface area contributed by atoms with E-state index >= 15 is 0 Å². The molecule has 5 N–H and O–H groups in total. The van der Waals surface area contributed by atoms with Crippen molar-refractivity contribution in [1.29, 1.82) is 0 Å². The normalized spacial score (nSPS) is 24.8. The van der Waals surface area contributed by atoms with Gasteiger partial charge in [-0.25, -0.2) is 4.79 Å². The van der Waals surface area contributed by atoms with Crippen LogP contribution in [0.1, 0.15) is 40.5 Å². The Morgan fingerprint density at radius 2 is 1.67 bits per heavy atom. The van der Waals surface area contributed by atoms with Crippen molar-refractivity contribution in [2.24, 2.45) is 11.8 Å². The van der Waals surface area contributed by atoms with Crippen LogP contribution in [0, 0.1) is 11.8 Å². The maximum atomic E-state index is 11.6. The molecule has 1 saturated heterocycles. The van der Waals surface area contributed by atoms with Gasteiger partial charge in [0, 0.05) is 29.6 Å². The Balaban J connectivity index is 0.00000119. The molecule has 0 aromatic carbocycles. The van der Waals surface area contributed by atoms with E-state index in [1.165, 1.54) is 0 Å². The second kappa shape index (κ2) is 9.82. The summed E-state index contributed by atoms with van der Waals surface area (Å²) in [6.07, 6.45) is -0.293. The molecule has 1 heterocycles. The fraction of sp³-hybridized carbons (Fsp3) is 0.722. The summed E-state index contributed by atoms with van der Waals surface area (Å²) in [6, 6.07) is 0. The Hall–Kier alpha value is -1.97. The van der Waals surface area contributed by atoms with Crippen molar-refractivity contribution < 1.29 is 39.9 Å². The van der Waals surface area contributed by atoms with E-state index in [-0.39, 0.29) is 6.61 Å². The second-order valence-corrected chi connectivity index (χ2v) is 7.72. The minimum absolute atomic E-state index is 0.0909. The van der Waals surface area contributed by atoms with Crippen LogP contribution in [0.4, 0.5) is 0 Å². The number of β-amino-alcohol motifs (C(OH)–C–C–N with tert-alkyl or cyclic N) is 1.